The van der Waals surface area contributed by atoms with Crippen LogP contribution >= 0.6 is 11.8 Å². The number of methoxy groups -OCH3 is 2. The van der Waals surface area contributed by atoms with Crippen LogP contribution in [0.2, 0.25) is 0 Å². The zero-order valence-corrected chi connectivity index (χ0v) is 12.5. The Labute approximate surface area is 116 Å². The number of nitrogens with zero attached hydrogens (tertiary/aromatic N) is 1. The number of carbonyl (C=O) groups excluding carboxylic acids is 2. The minimum absolute atomic E-state index is 0.159. The minimum Gasteiger partial charge on any atom is -0.497 e. The Hall–Kier alpha value is -1.69. The summed E-state index contributed by atoms with van der Waals surface area (Å²) in [6.45, 7) is 1.44. The van der Waals surface area contributed by atoms with E-state index in [0.29, 0.717) is 22.0 Å². The molecule has 0 aromatic heterocycles. The highest BCUT2D eigenvalue weighted by atomic mass is 32.2. The minimum atomic E-state index is -0.169. The summed E-state index contributed by atoms with van der Waals surface area (Å²) < 4.78 is 10.3. The average Bonchev–Trinajstić information content (AvgIpc) is 2.36. The van der Waals surface area contributed by atoms with E-state index in [1.807, 2.05) is 0 Å². The fourth-order valence-electron chi connectivity index (χ4n) is 1.46. The third kappa shape index (κ3) is 3.64. The SMILES string of the molecule is COc1cc(OC)c(C(C)=O)c(SC(=O)N(C)C)c1. The van der Waals surface area contributed by atoms with Gasteiger partial charge in [-0.3, -0.25) is 9.59 Å². The highest BCUT2D eigenvalue weighted by Gasteiger charge is 2.19. The topological polar surface area (TPSA) is 55.8 Å². The van der Waals surface area contributed by atoms with Crippen molar-refractivity contribution in [2.75, 3.05) is 28.3 Å². The second-order valence-electron chi connectivity index (χ2n) is 4.02. The summed E-state index contributed by atoms with van der Waals surface area (Å²) in [6, 6.07) is 3.28. The van der Waals surface area contributed by atoms with Gasteiger partial charge in [-0.25, -0.2) is 0 Å². The van der Waals surface area contributed by atoms with Crippen molar-refractivity contribution in [1.29, 1.82) is 0 Å². The van der Waals surface area contributed by atoms with Crippen LogP contribution in [0.15, 0.2) is 17.0 Å². The lowest BCUT2D eigenvalue weighted by Gasteiger charge is -2.15. The molecule has 1 amide bonds. The van der Waals surface area contributed by atoms with Gasteiger partial charge in [0.1, 0.15) is 11.5 Å². The van der Waals surface area contributed by atoms with Crippen molar-refractivity contribution in [3.8, 4) is 11.5 Å². The Morgan fingerprint density at radius 3 is 2.21 bits per heavy atom. The smallest absolute Gasteiger partial charge is 0.285 e. The Kier molecular flexibility index (Phi) is 5.23. The number of hydrogen-bond donors (Lipinski definition) is 0. The van der Waals surface area contributed by atoms with Crippen LogP contribution in [0.3, 0.4) is 0 Å². The summed E-state index contributed by atoms with van der Waals surface area (Å²) in [5.74, 6) is 0.783. The molecule has 6 heteroatoms. The quantitative estimate of drug-likeness (QED) is 0.628. The maximum absolute atomic E-state index is 11.8. The molecule has 0 atom stereocenters. The van der Waals surface area contributed by atoms with Crippen LogP contribution in [0.5, 0.6) is 11.5 Å². The van der Waals surface area contributed by atoms with Gasteiger partial charge in [0.05, 0.1) is 19.8 Å². The van der Waals surface area contributed by atoms with Gasteiger partial charge in [0.15, 0.2) is 5.78 Å². The van der Waals surface area contributed by atoms with Crippen LogP contribution in [-0.4, -0.2) is 44.2 Å². The highest BCUT2D eigenvalue weighted by molar-refractivity contribution is 8.13. The van der Waals surface area contributed by atoms with Gasteiger partial charge >= 0.3 is 0 Å². The van der Waals surface area contributed by atoms with Crippen molar-refractivity contribution in [3.63, 3.8) is 0 Å². The molecule has 0 aliphatic carbocycles. The van der Waals surface area contributed by atoms with E-state index < -0.39 is 0 Å². The average molecular weight is 283 g/mol. The van der Waals surface area contributed by atoms with Crippen LogP contribution in [0.1, 0.15) is 17.3 Å². The maximum atomic E-state index is 11.8. The summed E-state index contributed by atoms with van der Waals surface area (Å²) in [7, 11) is 6.30. The van der Waals surface area contributed by atoms with E-state index in [9.17, 15) is 9.59 Å². The Balaban J connectivity index is 3.33. The van der Waals surface area contributed by atoms with E-state index in [1.165, 1.54) is 26.0 Å². The first kappa shape index (κ1) is 15.4. The molecular formula is C13H17NO4S. The summed E-state index contributed by atoms with van der Waals surface area (Å²) >= 11 is 0.972. The molecule has 0 radical (unpaired) electrons. The van der Waals surface area contributed by atoms with E-state index >= 15 is 0 Å². The summed E-state index contributed by atoms with van der Waals surface area (Å²) in [5.41, 5.74) is 0.392. The summed E-state index contributed by atoms with van der Waals surface area (Å²) in [5, 5.41) is -0.169. The van der Waals surface area contributed by atoms with Gasteiger partial charge in [-0.05, 0) is 24.8 Å². The molecule has 104 valence electrons. The van der Waals surface area contributed by atoms with Crippen molar-refractivity contribution in [2.24, 2.45) is 0 Å². The first-order chi connectivity index (χ1) is 8.90. The van der Waals surface area contributed by atoms with Gasteiger partial charge in [0, 0.05) is 25.1 Å². The maximum Gasteiger partial charge on any atom is 0.285 e. The monoisotopic (exact) mass is 283 g/mol. The van der Waals surface area contributed by atoms with Gasteiger partial charge in [-0.1, -0.05) is 0 Å². The van der Waals surface area contributed by atoms with Gasteiger partial charge in [-0.15, -0.1) is 0 Å². The lowest BCUT2D eigenvalue weighted by atomic mass is 10.1. The first-order valence-corrected chi connectivity index (χ1v) is 6.38. The van der Waals surface area contributed by atoms with Gasteiger partial charge in [0.2, 0.25) is 0 Å². The van der Waals surface area contributed by atoms with Crippen LogP contribution in [0, 0.1) is 0 Å². The number of amides is 1. The first-order valence-electron chi connectivity index (χ1n) is 5.56. The van der Waals surface area contributed by atoms with Gasteiger partial charge in [0.25, 0.3) is 5.24 Å². The number of hydrogen-bond acceptors (Lipinski definition) is 5. The summed E-state index contributed by atoms with van der Waals surface area (Å²) in [6.07, 6.45) is 0. The third-order valence-corrected chi connectivity index (χ3v) is 3.49. The number of Topliss-reactive ketones (excluding diaryl/α,β-unsaturated/α-hetero) is 1. The molecule has 0 spiro atoms. The molecule has 0 heterocycles. The molecule has 1 rings (SSSR count). The van der Waals surface area contributed by atoms with E-state index in [2.05, 4.69) is 0 Å². The van der Waals surface area contributed by atoms with Crippen LogP contribution in [0.4, 0.5) is 4.79 Å². The second-order valence-corrected chi connectivity index (χ2v) is 5.01. The van der Waals surface area contributed by atoms with E-state index in [4.69, 9.17) is 9.47 Å². The van der Waals surface area contributed by atoms with Crippen molar-refractivity contribution >= 4 is 22.8 Å². The number of ether oxygens (including phenoxy) is 2. The van der Waals surface area contributed by atoms with Gasteiger partial charge < -0.3 is 14.4 Å². The van der Waals surface area contributed by atoms with Gasteiger partial charge in [-0.2, -0.15) is 0 Å². The normalized spacial score (nSPS) is 9.95. The molecule has 1 aromatic carbocycles. The predicted octanol–water partition coefficient (Wildman–Crippen LogP) is 2.68. The van der Waals surface area contributed by atoms with Crippen molar-refractivity contribution in [1.82, 2.24) is 4.90 Å². The van der Waals surface area contributed by atoms with E-state index in [0.717, 1.165) is 11.8 Å². The lowest BCUT2D eigenvalue weighted by molar-refractivity contribution is 0.101. The second kappa shape index (κ2) is 6.47. The molecule has 0 aliphatic heterocycles. The predicted molar refractivity (Wildman–Crippen MR) is 74.5 cm³/mol. The van der Waals surface area contributed by atoms with Crippen molar-refractivity contribution < 1.29 is 19.1 Å². The van der Waals surface area contributed by atoms with Crippen LogP contribution < -0.4 is 9.47 Å². The van der Waals surface area contributed by atoms with E-state index in [1.54, 1.807) is 26.2 Å². The Morgan fingerprint density at radius 1 is 1.16 bits per heavy atom. The molecule has 0 bridgehead atoms. The Morgan fingerprint density at radius 2 is 1.79 bits per heavy atom. The van der Waals surface area contributed by atoms with Crippen LogP contribution in [-0.2, 0) is 0 Å². The number of benzene rings is 1. The molecule has 0 unspecified atom stereocenters. The zero-order valence-electron chi connectivity index (χ0n) is 11.6. The molecule has 0 aliphatic rings. The largest absolute Gasteiger partial charge is 0.497 e. The molecular weight excluding hydrogens is 266 g/mol. The fourth-order valence-corrected chi connectivity index (χ4v) is 2.35. The van der Waals surface area contributed by atoms with Crippen molar-refractivity contribution in [2.45, 2.75) is 11.8 Å². The summed E-state index contributed by atoms with van der Waals surface area (Å²) in [4.78, 5) is 25.5. The number of thioether (sulfide) groups is 1. The molecule has 0 saturated heterocycles. The highest BCUT2D eigenvalue weighted by Crippen LogP contribution is 2.36. The number of carbonyl (C=O) groups is 2. The molecule has 0 N–H and O–H groups in total. The lowest BCUT2D eigenvalue weighted by Crippen LogP contribution is -2.16. The molecule has 1 aromatic rings. The number of ketones is 1. The fraction of sp³-hybridized carbons (Fsp3) is 0.385. The molecule has 0 saturated carbocycles. The standard InChI is InChI=1S/C13H17NO4S/c1-8(15)12-10(18-5)6-9(17-4)7-11(12)19-13(16)14(2)3/h6-7H,1-5H3. The van der Waals surface area contributed by atoms with Crippen molar-refractivity contribution in [3.05, 3.63) is 17.7 Å². The van der Waals surface area contributed by atoms with Crippen LogP contribution in [0.25, 0.3) is 0 Å². The molecule has 0 fully saturated rings. The molecule has 5 nitrogen and oxygen atoms in total. The third-order valence-electron chi connectivity index (χ3n) is 2.41. The number of rotatable bonds is 4. The van der Waals surface area contributed by atoms with E-state index in [-0.39, 0.29) is 11.0 Å². The zero-order chi connectivity index (χ0) is 14.6. The molecule has 19 heavy (non-hydrogen) atoms. The Bertz CT molecular complexity index is 500.